The van der Waals surface area contributed by atoms with Gasteiger partial charge in [0.1, 0.15) is 5.75 Å². The summed E-state index contributed by atoms with van der Waals surface area (Å²) in [5.74, 6) is 0.636. The monoisotopic (exact) mass is 319 g/mol. The Hall–Kier alpha value is -2.01. The van der Waals surface area contributed by atoms with E-state index in [1.807, 2.05) is 26.1 Å². The van der Waals surface area contributed by atoms with Gasteiger partial charge in [-0.15, -0.1) is 0 Å². The van der Waals surface area contributed by atoms with Gasteiger partial charge in [0.2, 0.25) is 0 Å². The van der Waals surface area contributed by atoms with E-state index in [0.717, 1.165) is 29.8 Å². The van der Waals surface area contributed by atoms with Crippen molar-refractivity contribution in [2.75, 3.05) is 6.61 Å². The zero-order valence-electron chi connectivity index (χ0n) is 12.6. The third-order valence-corrected chi connectivity index (χ3v) is 4.27. The molecule has 1 aromatic carbocycles. The van der Waals surface area contributed by atoms with Gasteiger partial charge in [-0.25, -0.2) is 0 Å². The van der Waals surface area contributed by atoms with Crippen LogP contribution in [0.1, 0.15) is 40.5 Å². The molecule has 1 amide bonds. The van der Waals surface area contributed by atoms with Crippen LogP contribution in [0.4, 0.5) is 0 Å². The lowest BCUT2D eigenvalue weighted by molar-refractivity contribution is 0.0934. The number of nitrogens with zero attached hydrogens (tertiary/aromatic N) is 2. The molecule has 1 aliphatic heterocycles. The smallest absolute Gasteiger partial charge is 0.255 e. The van der Waals surface area contributed by atoms with Gasteiger partial charge in [0.05, 0.1) is 24.4 Å². The molecule has 6 heteroatoms. The topological polar surface area (TPSA) is 56.1 Å². The number of carbonyl (C=O) groups is 1. The molecule has 22 heavy (non-hydrogen) atoms. The van der Waals surface area contributed by atoms with Crippen molar-refractivity contribution in [2.24, 2.45) is 7.05 Å². The molecule has 2 aromatic rings. The third kappa shape index (κ3) is 2.81. The van der Waals surface area contributed by atoms with E-state index in [2.05, 4.69) is 10.4 Å². The van der Waals surface area contributed by atoms with Crippen LogP contribution in [-0.2, 0) is 7.05 Å². The van der Waals surface area contributed by atoms with Crippen LogP contribution in [0.3, 0.4) is 0 Å². The van der Waals surface area contributed by atoms with E-state index in [9.17, 15) is 4.79 Å². The van der Waals surface area contributed by atoms with Crippen LogP contribution in [0.25, 0.3) is 0 Å². The number of aromatic nitrogens is 2. The van der Waals surface area contributed by atoms with Crippen molar-refractivity contribution < 1.29 is 9.53 Å². The summed E-state index contributed by atoms with van der Waals surface area (Å²) in [7, 11) is 1.82. The average molecular weight is 320 g/mol. The lowest BCUT2D eigenvalue weighted by Crippen LogP contribution is -2.28. The zero-order valence-corrected chi connectivity index (χ0v) is 13.4. The molecule has 0 aliphatic carbocycles. The Labute approximate surface area is 134 Å². The van der Waals surface area contributed by atoms with Crippen molar-refractivity contribution in [2.45, 2.75) is 25.8 Å². The molecule has 5 nitrogen and oxygen atoms in total. The number of aryl methyl sites for hydroxylation is 1. The minimum atomic E-state index is -0.113. The summed E-state index contributed by atoms with van der Waals surface area (Å²) in [4.78, 5) is 12.5. The highest BCUT2D eigenvalue weighted by Crippen LogP contribution is 2.33. The summed E-state index contributed by atoms with van der Waals surface area (Å²) in [5.41, 5.74) is 2.42. The fraction of sp³-hybridized carbons (Fsp3) is 0.375. The lowest BCUT2D eigenvalue weighted by atomic mass is 10.0. The second-order valence-corrected chi connectivity index (χ2v) is 5.90. The fourth-order valence-electron chi connectivity index (χ4n) is 2.65. The maximum atomic E-state index is 12.5. The normalized spacial score (nSPS) is 17.3. The van der Waals surface area contributed by atoms with Gasteiger partial charge in [-0.05, 0) is 31.9 Å². The highest BCUT2D eigenvalue weighted by Gasteiger charge is 2.23. The van der Waals surface area contributed by atoms with Crippen LogP contribution in [0.15, 0.2) is 24.4 Å². The molecular formula is C16H18ClN3O2. The van der Waals surface area contributed by atoms with Crippen molar-refractivity contribution in [1.29, 1.82) is 0 Å². The second kappa shape index (κ2) is 6.01. The zero-order chi connectivity index (χ0) is 15.7. The second-order valence-electron chi connectivity index (χ2n) is 5.47. The number of carbonyl (C=O) groups excluding carboxylic acids is 1. The fourth-order valence-corrected chi connectivity index (χ4v) is 2.82. The predicted octanol–water partition coefficient (Wildman–Crippen LogP) is 3.03. The van der Waals surface area contributed by atoms with Gasteiger partial charge >= 0.3 is 0 Å². The van der Waals surface area contributed by atoms with E-state index in [-0.39, 0.29) is 11.9 Å². The van der Waals surface area contributed by atoms with Crippen molar-refractivity contribution >= 4 is 17.5 Å². The number of amides is 1. The molecular weight excluding hydrogens is 302 g/mol. The first-order chi connectivity index (χ1) is 10.6. The molecule has 0 saturated carbocycles. The molecule has 116 valence electrons. The SMILES string of the molecule is Cc1c(C(=O)NC2CCCOc3cc(Cl)ccc32)cnn1C. The molecule has 1 unspecified atom stereocenters. The number of halogens is 1. The molecule has 1 atom stereocenters. The first-order valence-electron chi connectivity index (χ1n) is 7.28. The Kier molecular flexibility index (Phi) is 4.07. The number of hydrogen-bond donors (Lipinski definition) is 1. The molecule has 2 heterocycles. The van der Waals surface area contributed by atoms with Crippen LogP contribution >= 0.6 is 11.6 Å². The quantitative estimate of drug-likeness (QED) is 0.925. The summed E-state index contributed by atoms with van der Waals surface area (Å²) in [6.45, 7) is 2.51. The van der Waals surface area contributed by atoms with Crippen molar-refractivity contribution in [1.82, 2.24) is 15.1 Å². The molecule has 0 fully saturated rings. The van der Waals surface area contributed by atoms with E-state index in [4.69, 9.17) is 16.3 Å². The summed E-state index contributed by atoms with van der Waals surface area (Å²) in [5, 5.41) is 7.84. The van der Waals surface area contributed by atoms with E-state index >= 15 is 0 Å². The largest absolute Gasteiger partial charge is 0.493 e. The highest BCUT2D eigenvalue weighted by atomic mass is 35.5. The van der Waals surface area contributed by atoms with Gasteiger partial charge in [-0.1, -0.05) is 17.7 Å². The minimum absolute atomic E-state index is 0.0816. The van der Waals surface area contributed by atoms with Gasteiger partial charge < -0.3 is 10.1 Å². The molecule has 3 rings (SSSR count). The Balaban J connectivity index is 1.86. The minimum Gasteiger partial charge on any atom is -0.493 e. The molecule has 1 N–H and O–H groups in total. The van der Waals surface area contributed by atoms with Crippen LogP contribution < -0.4 is 10.1 Å². The van der Waals surface area contributed by atoms with Crippen LogP contribution in [0, 0.1) is 6.92 Å². The lowest BCUT2D eigenvalue weighted by Gasteiger charge is -2.18. The molecule has 0 saturated heterocycles. The van der Waals surface area contributed by atoms with Crippen molar-refractivity contribution in [3.63, 3.8) is 0 Å². The van der Waals surface area contributed by atoms with E-state index in [1.54, 1.807) is 16.9 Å². The first-order valence-corrected chi connectivity index (χ1v) is 7.66. The van der Waals surface area contributed by atoms with Crippen LogP contribution in [0.5, 0.6) is 5.75 Å². The number of ether oxygens (including phenoxy) is 1. The Bertz CT molecular complexity index is 711. The van der Waals surface area contributed by atoms with Crippen LogP contribution in [-0.4, -0.2) is 22.3 Å². The van der Waals surface area contributed by atoms with Gasteiger partial charge in [0.15, 0.2) is 0 Å². The average Bonchev–Trinajstić information content (AvgIpc) is 2.71. The third-order valence-electron chi connectivity index (χ3n) is 4.03. The van der Waals surface area contributed by atoms with E-state index < -0.39 is 0 Å². The standard InChI is InChI=1S/C16H18ClN3O2/c1-10-13(9-18-20(10)2)16(21)19-14-4-3-7-22-15-8-11(17)5-6-12(14)15/h5-6,8-9,14H,3-4,7H2,1-2H3,(H,19,21). The van der Waals surface area contributed by atoms with E-state index in [1.165, 1.54) is 0 Å². The summed E-state index contributed by atoms with van der Waals surface area (Å²) in [6, 6.07) is 5.46. The van der Waals surface area contributed by atoms with Crippen molar-refractivity contribution in [3.8, 4) is 5.75 Å². The Morgan fingerprint density at radius 1 is 1.50 bits per heavy atom. The summed E-state index contributed by atoms with van der Waals surface area (Å²) >= 11 is 6.02. The molecule has 0 radical (unpaired) electrons. The number of hydrogen-bond acceptors (Lipinski definition) is 3. The van der Waals surface area contributed by atoms with Gasteiger partial charge in [-0.2, -0.15) is 5.10 Å². The molecule has 1 aliphatic rings. The predicted molar refractivity (Wildman–Crippen MR) is 84.3 cm³/mol. The first kappa shape index (κ1) is 14.9. The van der Waals surface area contributed by atoms with Crippen molar-refractivity contribution in [3.05, 3.63) is 46.2 Å². The van der Waals surface area contributed by atoms with Gasteiger partial charge in [0.25, 0.3) is 5.91 Å². The Morgan fingerprint density at radius 3 is 3.05 bits per heavy atom. The number of rotatable bonds is 2. The summed E-state index contributed by atoms with van der Waals surface area (Å²) < 4.78 is 7.42. The van der Waals surface area contributed by atoms with Gasteiger partial charge in [0, 0.05) is 23.3 Å². The summed E-state index contributed by atoms with van der Waals surface area (Å²) in [6.07, 6.45) is 3.31. The molecule has 1 aromatic heterocycles. The van der Waals surface area contributed by atoms with Gasteiger partial charge in [-0.3, -0.25) is 9.48 Å². The van der Waals surface area contributed by atoms with E-state index in [0.29, 0.717) is 17.2 Å². The highest BCUT2D eigenvalue weighted by molar-refractivity contribution is 6.30. The number of nitrogens with one attached hydrogen (secondary N) is 1. The maximum Gasteiger partial charge on any atom is 0.255 e. The maximum absolute atomic E-state index is 12.5. The number of fused-ring (bicyclic) bond motifs is 1. The van der Waals surface area contributed by atoms with Crippen LogP contribution in [0.2, 0.25) is 5.02 Å². The number of benzene rings is 1. The molecule has 0 bridgehead atoms. The molecule has 0 spiro atoms. The Morgan fingerprint density at radius 2 is 2.32 bits per heavy atom.